The average Bonchev–Trinajstić information content (AvgIpc) is 2.70. The zero-order chi connectivity index (χ0) is 17.8. The summed E-state index contributed by atoms with van der Waals surface area (Å²) in [6, 6.07) is 21.0. The Labute approximate surface area is 149 Å². The standard InChI is InChI=1S/C20H15N5O/c26-19-11-10-14-6-4-5-9-16(14)17(19)12-21-24-20-23-18(13-22-25-20)15-7-2-1-3-8-15/h1-13,26H,(H,23,24,25). The molecule has 126 valence electrons. The molecule has 4 aromatic rings. The third-order valence-corrected chi connectivity index (χ3v) is 3.93. The van der Waals surface area contributed by atoms with E-state index in [-0.39, 0.29) is 11.7 Å². The van der Waals surface area contributed by atoms with E-state index in [4.69, 9.17) is 0 Å². The molecular weight excluding hydrogens is 326 g/mol. The van der Waals surface area contributed by atoms with Crippen LogP contribution < -0.4 is 5.43 Å². The van der Waals surface area contributed by atoms with Gasteiger partial charge in [0.15, 0.2) is 0 Å². The van der Waals surface area contributed by atoms with Gasteiger partial charge in [-0.25, -0.2) is 10.4 Å². The summed E-state index contributed by atoms with van der Waals surface area (Å²) in [6.45, 7) is 0. The van der Waals surface area contributed by atoms with E-state index in [0.29, 0.717) is 11.3 Å². The zero-order valence-corrected chi connectivity index (χ0v) is 13.7. The average molecular weight is 341 g/mol. The van der Waals surface area contributed by atoms with Gasteiger partial charge in [-0.1, -0.05) is 60.7 Å². The van der Waals surface area contributed by atoms with E-state index in [1.807, 2.05) is 60.7 Å². The number of benzene rings is 3. The molecule has 0 fully saturated rings. The summed E-state index contributed by atoms with van der Waals surface area (Å²) >= 11 is 0. The monoisotopic (exact) mass is 341 g/mol. The van der Waals surface area contributed by atoms with Crippen LogP contribution in [0.2, 0.25) is 0 Å². The highest BCUT2D eigenvalue weighted by Crippen LogP contribution is 2.25. The summed E-state index contributed by atoms with van der Waals surface area (Å²) in [4.78, 5) is 4.40. The highest BCUT2D eigenvalue weighted by atomic mass is 16.3. The number of anilines is 1. The summed E-state index contributed by atoms with van der Waals surface area (Å²) in [5, 5.41) is 24.1. The number of nitrogens with one attached hydrogen (secondary N) is 1. The molecule has 0 bridgehead atoms. The van der Waals surface area contributed by atoms with Gasteiger partial charge in [0, 0.05) is 11.1 Å². The van der Waals surface area contributed by atoms with E-state index in [1.165, 1.54) is 0 Å². The fourth-order valence-electron chi connectivity index (χ4n) is 2.67. The lowest BCUT2D eigenvalue weighted by molar-refractivity contribution is 0.475. The fraction of sp³-hybridized carbons (Fsp3) is 0. The van der Waals surface area contributed by atoms with Gasteiger partial charge in [-0.2, -0.15) is 10.2 Å². The van der Waals surface area contributed by atoms with E-state index >= 15 is 0 Å². The Morgan fingerprint density at radius 1 is 0.923 bits per heavy atom. The highest BCUT2D eigenvalue weighted by Gasteiger charge is 2.05. The van der Waals surface area contributed by atoms with Crippen LogP contribution in [-0.2, 0) is 0 Å². The maximum Gasteiger partial charge on any atom is 0.263 e. The predicted molar refractivity (Wildman–Crippen MR) is 102 cm³/mol. The molecule has 0 radical (unpaired) electrons. The summed E-state index contributed by atoms with van der Waals surface area (Å²) in [5.74, 6) is 0.439. The Balaban J connectivity index is 1.59. The van der Waals surface area contributed by atoms with Gasteiger partial charge in [0.25, 0.3) is 5.95 Å². The van der Waals surface area contributed by atoms with E-state index in [1.54, 1.807) is 18.5 Å². The van der Waals surface area contributed by atoms with Crippen LogP contribution in [0.4, 0.5) is 5.95 Å². The maximum atomic E-state index is 10.1. The van der Waals surface area contributed by atoms with Gasteiger partial charge in [-0.05, 0) is 16.8 Å². The minimum absolute atomic E-state index is 0.159. The van der Waals surface area contributed by atoms with E-state index in [0.717, 1.165) is 16.3 Å². The van der Waals surface area contributed by atoms with E-state index in [2.05, 4.69) is 25.7 Å². The number of rotatable bonds is 4. The smallest absolute Gasteiger partial charge is 0.263 e. The Morgan fingerprint density at radius 3 is 2.62 bits per heavy atom. The summed E-state index contributed by atoms with van der Waals surface area (Å²) in [5.41, 5.74) is 5.04. The second-order valence-corrected chi connectivity index (χ2v) is 5.62. The molecular formula is C20H15N5O. The fourth-order valence-corrected chi connectivity index (χ4v) is 2.67. The number of phenolic OH excluding ortho intramolecular Hbond substituents is 1. The molecule has 2 N–H and O–H groups in total. The van der Waals surface area contributed by atoms with Gasteiger partial charge >= 0.3 is 0 Å². The van der Waals surface area contributed by atoms with Gasteiger partial charge in [0.05, 0.1) is 18.1 Å². The SMILES string of the molecule is Oc1ccc2ccccc2c1C=NNc1nncc(-c2ccccc2)n1. The van der Waals surface area contributed by atoms with Gasteiger partial charge in [-0.3, -0.25) is 0 Å². The lowest BCUT2D eigenvalue weighted by Crippen LogP contribution is -2.00. The van der Waals surface area contributed by atoms with Gasteiger partial charge < -0.3 is 5.11 Å². The number of hydrazone groups is 1. The number of aromatic nitrogens is 3. The van der Waals surface area contributed by atoms with Gasteiger partial charge in [0.2, 0.25) is 0 Å². The molecule has 0 spiro atoms. The molecule has 0 unspecified atom stereocenters. The lowest BCUT2D eigenvalue weighted by atomic mass is 10.0. The van der Waals surface area contributed by atoms with Crippen LogP contribution in [-0.4, -0.2) is 26.5 Å². The molecule has 1 heterocycles. The van der Waals surface area contributed by atoms with Crippen molar-refractivity contribution in [2.45, 2.75) is 0 Å². The molecule has 0 saturated carbocycles. The minimum atomic E-state index is 0.159. The van der Waals surface area contributed by atoms with Crippen LogP contribution in [0.3, 0.4) is 0 Å². The molecule has 0 saturated heterocycles. The largest absolute Gasteiger partial charge is 0.507 e. The number of aromatic hydroxyl groups is 1. The van der Waals surface area contributed by atoms with Crippen molar-refractivity contribution in [3.63, 3.8) is 0 Å². The van der Waals surface area contributed by atoms with Crippen LogP contribution in [0.25, 0.3) is 22.0 Å². The zero-order valence-electron chi connectivity index (χ0n) is 13.7. The maximum absolute atomic E-state index is 10.1. The number of hydrogen-bond acceptors (Lipinski definition) is 6. The molecule has 0 atom stereocenters. The van der Waals surface area contributed by atoms with Crippen molar-refractivity contribution >= 4 is 22.9 Å². The van der Waals surface area contributed by atoms with Crippen molar-refractivity contribution in [1.29, 1.82) is 0 Å². The number of phenols is 1. The van der Waals surface area contributed by atoms with Crippen LogP contribution in [0.15, 0.2) is 78.0 Å². The molecule has 3 aromatic carbocycles. The third kappa shape index (κ3) is 3.21. The second kappa shape index (κ2) is 6.98. The first kappa shape index (κ1) is 15.7. The molecule has 26 heavy (non-hydrogen) atoms. The first-order valence-corrected chi connectivity index (χ1v) is 8.06. The van der Waals surface area contributed by atoms with Crippen LogP contribution in [0.1, 0.15) is 5.56 Å². The first-order chi connectivity index (χ1) is 12.8. The van der Waals surface area contributed by atoms with Crippen molar-refractivity contribution in [2.75, 3.05) is 5.43 Å². The normalized spacial score (nSPS) is 11.1. The summed E-state index contributed by atoms with van der Waals surface area (Å²) < 4.78 is 0. The molecule has 0 aliphatic rings. The molecule has 6 heteroatoms. The highest BCUT2D eigenvalue weighted by molar-refractivity contribution is 6.02. The summed E-state index contributed by atoms with van der Waals surface area (Å²) in [7, 11) is 0. The van der Waals surface area contributed by atoms with Crippen molar-refractivity contribution < 1.29 is 5.11 Å². The molecule has 0 aliphatic carbocycles. The molecule has 4 rings (SSSR count). The molecule has 0 aliphatic heterocycles. The molecule has 1 aromatic heterocycles. The van der Waals surface area contributed by atoms with Crippen LogP contribution in [0.5, 0.6) is 5.75 Å². The van der Waals surface area contributed by atoms with Crippen molar-refractivity contribution in [1.82, 2.24) is 15.2 Å². The topological polar surface area (TPSA) is 83.3 Å². The number of hydrogen-bond donors (Lipinski definition) is 2. The lowest BCUT2D eigenvalue weighted by Gasteiger charge is -2.05. The summed E-state index contributed by atoms with van der Waals surface area (Å²) in [6.07, 6.45) is 3.15. The van der Waals surface area contributed by atoms with Gasteiger partial charge in [0.1, 0.15) is 5.75 Å². The first-order valence-electron chi connectivity index (χ1n) is 8.06. The van der Waals surface area contributed by atoms with Crippen molar-refractivity contribution in [2.24, 2.45) is 5.10 Å². The van der Waals surface area contributed by atoms with Gasteiger partial charge in [-0.15, -0.1) is 5.10 Å². The minimum Gasteiger partial charge on any atom is -0.507 e. The Morgan fingerprint density at radius 2 is 1.73 bits per heavy atom. The molecule has 0 amide bonds. The molecule has 6 nitrogen and oxygen atoms in total. The van der Waals surface area contributed by atoms with E-state index < -0.39 is 0 Å². The number of fused-ring (bicyclic) bond motifs is 1. The van der Waals surface area contributed by atoms with Crippen molar-refractivity contribution in [3.8, 4) is 17.0 Å². The predicted octanol–water partition coefficient (Wildman–Crippen LogP) is 3.84. The van der Waals surface area contributed by atoms with Crippen molar-refractivity contribution in [3.05, 3.63) is 78.5 Å². The Hall–Kier alpha value is -3.80. The number of nitrogens with zero attached hydrogens (tertiary/aromatic N) is 4. The van der Waals surface area contributed by atoms with Crippen LogP contribution in [0, 0.1) is 0 Å². The third-order valence-electron chi connectivity index (χ3n) is 3.93. The van der Waals surface area contributed by atoms with Crippen LogP contribution >= 0.6 is 0 Å². The van der Waals surface area contributed by atoms with E-state index in [9.17, 15) is 5.11 Å². The quantitative estimate of drug-likeness (QED) is 0.435. The Bertz CT molecular complexity index is 1080. The second-order valence-electron chi connectivity index (χ2n) is 5.62. The Kier molecular flexibility index (Phi) is 4.22.